The van der Waals surface area contributed by atoms with Crippen LogP contribution in [0.2, 0.25) is 0 Å². The first-order valence-corrected chi connectivity index (χ1v) is 7.19. The molecule has 2 unspecified atom stereocenters. The van der Waals surface area contributed by atoms with Gasteiger partial charge in [-0.1, -0.05) is 48.5 Å². The first-order chi connectivity index (χ1) is 10.1. The van der Waals surface area contributed by atoms with Crippen LogP contribution in [0.5, 0.6) is 5.75 Å². The van der Waals surface area contributed by atoms with Gasteiger partial charge in [0.05, 0.1) is 13.2 Å². The summed E-state index contributed by atoms with van der Waals surface area (Å²) < 4.78 is 5.42. The van der Waals surface area contributed by atoms with E-state index in [0.29, 0.717) is 6.54 Å². The van der Waals surface area contributed by atoms with Crippen LogP contribution in [-0.2, 0) is 0 Å². The highest BCUT2D eigenvalue weighted by Gasteiger charge is 2.18. The van der Waals surface area contributed by atoms with Gasteiger partial charge in [-0.3, -0.25) is 4.90 Å². The molecule has 0 bridgehead atoms. The highest BCUT2D eigenvalue weighted by molar-refractivity contribution is 5.35. The topological polar surface area (TPSA) is 32.7 Å². The molecule has 0 radical (unpaired) electrons. The lowest BCUT2D eigenvalue weighted by Gasteiger charge is -2.28. The van der Waals surface area contributed by atoms with Crippen LogP contribution in [-0.4, -0.2) is 30.7 Å². The molecule has 0 amide bonds. The molecule has 0 saturated heterocycles. The predicted molar refractivity (Wildman–Crippen MR) is 85.4 cm³/mol. The van der Waals surface area contributed by atoms with Gasteiger partial charge < -0.3 is 9.84 Å². The molecule has 3 nitrogen and oxygen atoms in total. The maximum Gasteiger partial charge on any atom is 0.123 e. The summed E-state index contributed by atoms with van der Waals surface area (Å²) in [4.78, 5) is 2.13. The minimum Gasteiger partial charge on any atom is -0.496 e. The Morgan fingerprint density at radius 1 is 1.05 bits per heavy atom. The lowest BCUT2D eigenvalue weighted by Crippen LogP contribution is -2.27. The van der Waals surface area contributed by atoms with Gasteiger partial charge in [0.2, 0.25) is 0 Å². The Balaban J connectivity index is 2.07. The monoisotopic (exact) mass is 285 g/mol. The average molecular weight is 285 g/mol. The third-order valence-corrected chi connectivity index (χ3v) is 3.90. The van der Waals surface area contributed by atoms with E-state index in [1.54, 1.807) is 7.11 Å². The van der Waals surface area contributed by atoms with Crippen molar-refractivity contribution >= 4 is 0 Å². The van der Waals surface area contributed by atoms with Crippen LogP contribution in [0.3, 0.4) is 0 Å². The molecule has 0 heterocycles. The maximum absolute atomic E-state index is 10.3. The van der Waals surface area contributed by atoms with Crippen molar-refractivity contribution in [1.29, 1.82) is 0 Å². The van der Waals surface area contributed by atoms with E-state index in [1.165, 1.54) is 0 Å². The first kappa shape index (κ1) is 15.5. The molecule has 0 aliphatic rings. The molecule has 2 rings (SSSR count). The fourth-order valence-electron chi connectivity index (χ4n) is 2.46. The summed E-state index contributed by atoms with van der Waals surface area (Å²) in [5, 5.41) is 10.3. The van der Waals surface area contributed by atoms with Gasteiger partial charge >= 0.3 is 0 Å². The van der Waals surface area contributed by atoms with Crippen LogP contribution in [0.15, 0.2) is 54.6 Å². The van der Waals surface area contributed by atoms with E-state index >= 15 is 0 Å². The third kappa shape index (κ3) is 3.84. The molecule has 0 spiro atoms. The highest BCUT2D eigenvalue weighted by atomic mass is 16.5. The normalized spacial score (nSPS) is 14.0. The van der Waals surface area contributed by atoms with Crippen LogP contribution in [0.4, 0.5) is 0 Å². The largest absolute Gasteiger partial charge is 0.496 e. The number of nitrogens with zero attached hydrogens (tertiary/aromatic N) is 1. The average Bonchev–Trinajstić information content (AvgIpc) is 2.54. The number of hydrogen-bond acceptors (Lipinski definition) is 3. The fourth-order valence-corrected chi connectivity index (χ4v) is 2.46. The lowest BCUT2D eigenvalue weighted by molar-refractivity contribution is 0.108. The van der Waals surface area contributed by atoms with Crippen molar-refractivity contribution in [3.05, 3.63) is 65.7 Å². The molecule has 21 heavy (non-hydrogen) atoms. The fraction of sp³-hybridized carbons (Fsp3) is 0.333. The Labute approximate surface area is 126 Å². The van der Waals surface area contributed by atoms with Gasteiger partial charge in [-0.05, 0) is 25.6 Å². The molecule has 2 aromatic carbocycles. The molecule has 0 aliphatic carbocycles. The van der Waals surface area contributed by atoms with E-state index in [4.69, 9.17) is 4.74 Å². The summed E-state index contributed by atoms with van der Waals surface area (Å²) in [6, 6.07) is 17.9. The van der Waals surface area contributed by atoms with Crippen molar-refractivity contribution in [3.8, 4) is 5.75 Å². The number of benzene rings is 2. The van der Waals surface area contributed by atoms with Gasteiger partial charge in [0, 0.05) is 18.2 Å². The van der Waals surface area contributed by atoms with Crippen LogP contribution in [0.25, 0.3) is 0 Å². The number of hydrogen-bond donors (Lipinski definition) is 1. The molecule has 1 N–H and O–H groups in total. The molecule has 2 aromatic rings. The van der Waals surface area contributed by atoms with Crippen molar-refractivity contribution in [2.24, 2.45) is 0 Å². The van der Waals surface area contributed by atoms with E-state index in [1.807, 2.05) is 55.6 Å². The van der Waals surface area contributed by atoms with Gasteiger partial charge in [-0.15, -0.1) is 0 Å². The van der Waals surface area contributed by atoms with Crippen molar-refractivity contribution in [2.75, 3.05) is 20.7 Å². The zero-order valence-electron chi connectivity index (χ0n) is 12.9. The highest BCUT2D eigenvalue weighted by Crippen LogP contribution is 2.29. The Hall–Kier alpha value is -1.84. The molecule has 2 atom stereocenters. The molecule has 0 aromatic heterocycles. The van der Waals surface area contributed by atoms with Crippen LogP contribution in [0.1, 0.15) is 30.2 Å². The summed E-state index contributed by atoms with van der Waals surface area (Å²) in [6.45, 7) is 2.69. The van der Waals surface area contributed by atoms with Crippen molar-refractivity contribution in [3.63, 3.8) is 0 Å². The van der Waals surface area contributed by atoms with Gasteiger partial charge in [-0.25, -0.2) is 0 Å². The van der Waals surface area contributed by atoms with Gasteiger partial charge in [0.25, 0.3) is 0 Å². The molecular formula is C18H23NO2. The first-order valence-electron chi connectivity index (χ1n) is 7.19. The number of rotatable bonds is 6. The summed E-state index contributed by atoms with van der Waals surface area (Å²) in [5.74, 6) is 0.881. The Kier molecular flexibility index (Phi) is 5.37. The number of aliphatic hydroxyl groups is 1. The predicted octanol–water partition coefficient (Wildman–Crippen LogP) is 3.42. The van der Waals surface area contributed by atoms with Crippen LogP contribution < -0.4 is 4.74 Å². The van der Waals surface area contributed by atoms with Gasteiger partial charge in [0.15, 0.2) is 0 Å². The van der Waals surface area contributed by atoms with Gasteiger partial charge in [0.1, 0.15) is 5.75 Å². The molecule has 0 saturated carbocycles. The van der Waals surface area contributed by atoms with Crippen LogP contribution >= 0.6 is 0 Å². The smallest absolute Gasteiger partial charge is 0.123 e. The second-order valence-electron chi connectivity index (χ2n) is 5.28. The maximum atomic E-state index is 10.3. The van der Waals surface area contributed by atoms with Crippen molar-refractivity contribution < 1.29 is 9.84 Å². The number of methoxy groups -OCH3 is 1. The van der Waals surface area contributed by atoms with E-state index in [2.05, 4.69) is 17.9 Å². The summed E-state index contributed by atoms with van der Waals surface area (Å²) >= 11 is 0. The van der Waals surface area contributed by atoms with Crippen molar-refractivity contribution in [1.82, 2.24) is 4.90 Å². The van der Waals surface area contributed by atoms with Crippen molar-refractivity contribution in [2.45, 2.75) is 19.1 Å². The molecule has 3 heteroatoms. The van der Waals surface area contributed by atoms with E-state index in [9.17, 15) is 5.11 Å². The van der Waals surface area contributed by atoms with E-state index < -0.39 is 6.10 Å². The summed E-state index contributed by atoms with van der Waals surface area (Å²) in [5.41, 5.74) is 2.07. The minimum absolute atomic E-state index is 0.166. The Bertz CT molecular complexity index is 556. The molecule has 112 valence electrons. The molecule has 0 fully saturated rings. The minimum atomic E-state index is -0.492. The van der Waals surface area contributed by atoms with Gasteiger partial charge in [-0.2, -0.15) is 0 Å². The molecule has 0 aliphatic heterocycles. The number of likely N-dealkylation sites (N-methyl/N-ethyl adjacent to an activating group) is 1. The Morgan fingerprint density at radius 3 is 2.33 bits per heavy atom. The molecular weight excluding hydrogens is 262 g/mol. The number of ether oxygens (including phenoxy) is 1. The zero-order valence-corrected chi connectivity index (χ0v) is 12.9. The SMILES string of the molecule is COc1ccccc1C(C)N(C)CC(O)c1ccccc1. The second-order valence-corrected chi connectivity index (χ2v) is 5.28. The second kappa shape index (κ2) is 7.25. The summed E-state index contributed by atoms with van der Waals surface area (Å²) in [6.07, 6.45) is -0.492. The summed E-state index contributed by atoms with van der Waals surface area (Å²) in [7, 11) is 3.70. The van der Waals surface area contributed by atoms with E-state index in [-0.39, 0.29) is 6.04 Å². The van der Waals surface area contributed by atoms with E-state index in [0.717, 1.165) is 16.9 Å². The standard InChI is InChI=1S/C18H23NO2/c1-14(16-11-7-8-12-18(16)21-3)19(2)13-17(20)15-9-5-4-6-10-15/h4-12,14,17,20H,13H2,1-3H3. The number of aliphatic hydroxyl groups excluding tert-OH is 1. The quantitative estimate of drug-likeness (QED) is 0.882. The lowest BCUT2D eigenvalue weighted by atomic mass is 10.0. The third-order valence-electron chi connectivity index (χ3n) is 3.90. The number of para-hydroxylation sites is 1. The van der Waals surface area contributed by atoms with Crippen LogP contribution in [0, 0.1) is 0 Å². The Morgan fingerprint density at radius 2 is 1.67 bits per heavy atom. The zero-order chi connectivity index (χ0) is 15.2.